The predicted molar refractivity (Wildman–Crippen MR) is 75.8 cm³/mol. The molecule has 0 aromatic heterocycles. The summed E-state index contributed by atoms with van der Waals surface area (Å²) in [6.45, 7) is 0.682. The van der Waals surface area contributed by atoms with Gasteiger partial charge in [0.25, 0.3) is 5.91 Å². The molecule has 0 unspecified atom stereocenters. The lowest BCUT2D eigenvalue weighted by Crippen LogP contribution is -2.41. The maximum absolute atomic E-state index is 12.0. The molecular formula is C15H22N2O2. The molecule has 1 aliphatic rings. The lowest BCUT2D eigenvalue weighted by atomic mass is 9.74. The molecule has 1 aromatic carbocycles. The molecule has 1 fully saturated rings. The maximum Gasteiger partial charge on any atom is 0.251 e. The Labute approximate surface area is 114 Å². The van der Waals surface area contributed by atoms with Gasteiger partial charge < -0.3 is 16.2 Å². The maximum atomic E-state index is 12.0. The number of rotatable bonds is 4. The van der Waals surface area contributed by atoms with Crippen molar-refractivity contribution in [3.63, 3.8) is 0 Å². The van der Waals surface area contributed by atoms with Crippen LogP contribution in [0.2, 0.25) is 0 Å². The minimum absolute atomic E-state index is 0.120. The highest BCUT2D eigenvalue weighted by Crippen LogP contribution is 2.35. The molecule has 0 saturated heterocycles. The van der Waals surface area contributed by atoms with Crippen molar-refractivity contribution in [1.82, 2.24) is 5.32 Å². The van der Waals surface area contributed by atoms with Gasteiger partial charge in [0.15, 0.2) is 0 Å². The second kappa shape index (κ2) is 6.06. The minimum atomic E-state index is -0.131. The van der Waals surface area contributed by atoms with Gasteiger partial charge in [-0.15, -0.1) is 0 Å². The van der Waals surface area contributed by atoms with Gasteiger partial charge in [0.1, 0.15) is 0 Å². The highest BCUT2D eigenvalue weighted by molar-refractivity contribution is 5.95. The van der Waals surface area contributed by atoms with Crippen molar-refractivity contribution in [1.29, 1.82) is 0 Å². The SMILES string of the molecule is Nc1cccc(C(=O)NCC2(CO)CCCCC2)c1. The standard InChI is InChI=1S/C15H22N2O2/c16-13-6-4-5-12(9-13)14(19)17-10-15(11-18)7-2-1-3-8-15/h4-6,9,18H,1-3,7-8,10-11,16H2,(H,17,19). The van der Waals surface area contributed by atoms with Gasteiger partial charge in [0.2, 0.25) is 0 Å². The molecule has 19 heavy (non-hydrogen) atoms. The van der Waals surface area contributed by atoms with E-state index in [-0.39, 0.29) is 17.9 Å². The summed E-state index contributed by atoms with van der Waals surface area (Å²) < 4.78 is 0. The lowest BCUT2D eigenvalue weighted by molar-refractivity contribution is 0.0718. The molecule has 4 heteroatoms. The molecule has 4 N–H and O–H groups in total. The lowest BCUT2D eigenvalue weighted by Gasteiger charge is -2.35. The van der Waals surface area contributed by atoms with Gasteiger partial charge in [-0.3, -0.25) is 4.79 Å². The van der Waals surface area contributed by atoms with Gasteiger partial charge >= 0.3 is 0 Å². The third-order valence-corrected chi connectivity index (χ3v) is 4.02. The van der Waals surface area contributed by atoms with Gasteiger partial charge in [-0.1, -0.05) is 25.3 Å². The monoisotopic (exact) mass is 262 g/mol. The summed E-state index contributed by atoms with van der Waals surface area (Å²) in [5.74, 6) is -0.120. The summed E-state index contributed by atoms with van der Waals surface area (Å²) in [5.41, 5.74) is 6.70. The van der Waals surface area contributed by atoms with Crippen molar-refractivity contribution >= 4 is 11.6 Å². The first-order chi connectivity index (χ1) is 9.15. The van der Waals surface area contributed by atoms with Crippen LogP contribution in [0.25, 0.3) is 0 Å². The zero-order valence-electron chi connectivity index (χ0n) is 11.2. The Balaban J connectivity index is 1.95. The highest BCUT2D eigenvalue weighted by atomic mass is 16.3. The van der Waals surface area contributed by atoms with E-state index in [9.17, 15) is 9.90 Å². The van der Waals surface area contributed by atoms with E-state index in [1.165, 1.54) is 6.42 Å². The van der Waals surface area contributed by atoms with Crippen LogP contribution in [0.15, 0.2) is 24.3 Å². The largest absolute Gasteiger partial charge is 0.399 e. The third kappa shape index (κ3) is 3.47. The quantitative estimate of drug-likeness (QED) is 0.726. The zero-order valence-corrected chi connectivity index (χ0v) is 11.2. The van der Waals surface area contributed by atoms with E-state index in [1.807, 2.05) is 0 Å². The van der Waals surface area contributed by atoms with Crippen LogP contribution in [0.1, 0.15) is 42.5 Å². The number of carbonyl (C=O) groups is 1. The molecule has 1 saturated carbocycles. The van der Waals surface area contributed by atoms with Crippen LogP contribution < -0.4 is 11.1 Å². The van der Waals surface area contributed by atoms with Crippen LogP contribution in [0.5, 0.6) is 0 Å². The smallest absolute Gasteiger partial charge is 0.251 e. The molecule has 1 aromatic rings. The van der Waals surface area contributed by atoms with E-state index >= 15 is 0 Å². The number of aliphatic hydroxyl groups excluding tert-OH is 1. The summed E-state index contributed by atoms with van der Waals surface area (Å²) in [6, 6.07) is 6.94. The first-order valence-electron chi connectivity index (χ1n) is 6.90. The van der Waals surface area contributed by atoms with E-state index in [0.717, 1.165) is 25.7 Å². The van der Waals surface area contributed by atoms with Crippen molar-refractivity contribution in [2.45, 2.75) is 32.1 Å². The molecule has 2 rings (SSSR count). The molecule has 0 aliphatic heterocycles. The van der Waals surface area contributed by atoms with Crippen molar-refractivity contribution < 1.29 is 9.90 Å². The molecule has 0 atom stereocenters. The van der Waals surface area contributed by atoms with E-state index in [0.29, 0.717) is 17.8 Å². The Bertz CT molecular complexity index is 440. The molecule has 4 nitrogen and oxygen atoms in total. The number of amides is 1. The number of nitrogen functional groups attached to an aromatic ring is 1. The summed E-state index contributed by atoms with van der Waals surface area (Å²) >= 11 is 0. The Morgan fingerprint density at radius 2 is 2.05 bits per heavy atom. The van der Waals surface area contributed by atoms with Gasteiger partial charge in [0, 0.05) is 23.2 Å². The second-order valence-corrected chi connectivity index (χ2v) is 5.53. The fourth-order valence-electron chi connectivity index (χ4n) is 2.74. The molecule has 0 bridgehead atoms. The van der Waals surface area contributed by atoms with E-state index < -0.39 is 0 Å². The number of aliphatic hydroxyl groups is 1. The summed E-state index contributed by atoms with van der Waals surface area (Å²) in [4.78, 5) is 12.0. The zero-order chi connectivity index (χ0) is 13.7. The highest BCUT2D eigenvalue weighted by Gasteiger charge is 2.31. The van der Waals surface area contributed by atoms with Crippen molar-refractivity contribution in [3.8, 4) is 0 Å². The Hall–Kier alpha value is -1.55. The number of nitrogens with one attached hydrogen (secondary N) is 1. The molecular weight excluding hydrogens is 240 g/mol. The normalized spacial score (nSPS) is 17.9. The van der Waals surface area contributed by atoms with E-state index in [1.54, 1.807) is 24.3 Å². The molecule has 1 aliphatic carbocycles. The average Bonchev–Trinajstić information content (AvgIpc) is 2.46. The number of hydrogen-bond donors (Lipinski definition) is 3. The van der Waals surface area contributed by atoms with Gasteiger partial charge in [0.05, 0.1) is 6.61 Å². The first kappa shape index (κ1) is 13.9. The van der Waals surface area contributed by atoms with Crippen LogP contribution in [-0.2, 0) is 0 Å². The first-order valence-corrected chi connectivity index (χ1v) is 6.90. The molecule has 104 valence electrons. The number of carbonyl (C=O) groups excluding carboxylic acids is 1. The number of benzene rings is 1. The summed E-state index contributed by atoms with van der Waals surface area (Å²) in [5, 5.41) is 12.5. The minimum Gasteiger partial charge on any atom is -0.399 e. The van der Waals surface area contributed by atoms with Crippen LogP contribution in [0, 0.1) is 5.41 Å². The fraction of sp³-hybridized carbons (Fsp3) is 0.533. The molecule has 0 radical (unpaired) electrons. The molecule has 0 heterocycles. The number of anilines is 1. The van der Waals surface area contributed by atoms with Gasteiger partial charge in [-0.25, -0.2) is 0 Å². The van der Waals surface area contributed by atoms with Crippen LogP contribution in [0.4, 0.5) is 5.69 Å². The third-order valence-electron chi connectivity index (χ3n) is 4.02. The van der Waals surface area contributed by atoms with Crippen molar-refractivity contribution in [2.75, 3.05) is 18.9 Å². The van der Waals surface area contributed by atoms with E-state index in [2.05, 4.69) is 5.32 Å². The topological polar surface area (TPSA) is 75.4 Å². The Morgan fingerprint density at radius 3 is 2.68 bits per heavy atom. The summed E-state index contributed by atoms with van der Waals surface area (Å²) in [7, 11) is 0. The van der Waals surface area contributed by atoms with Crippen LogP contribution in [0.3, 0.4) is 0 Å². The second-order valence-electron chi connectivity index (χ2n) is 5.53. The molecule has 1 amide bonds. The van der Waals surface area contributed by atoms with Crippen LogP contribution in [-0.4, -0.2) is 24.2 Å². The Kier molecular flexibility index (Phi) is 4.43. The predicted octanol–water partition coefficient (Wildman–Crippen LogP) is 1.94. The summed E-state index contributed by atoms with van der Waals surface area (Å²) in [6.07, 6.45) is 5.47. The van der Waals surface area contributed by atoms with E-state index in [4.69, 9.17) is 5.73 Å². The Morgan fingerprint density at radius 1 is 1.32 bits per heavy atom. The fourth-order valence-corrected chi connectivity index (χ4v) is 2.74. The number of nitrogens with two attached hydrogens (primary N) is 1. The average molecular weight is 262 g/mol. The van der Waals surface area contributed by atoms with Crippen molar-refractivity contribution in [3.05, 3.63) is 29.8 Å². The van der Waals surface area contributed by atoms with Crippen molar-refractivity contribution in [2.24, 2.45) is 5.41 Å². The van der Waals surface area contributed by atoms with Crippen LogP contribution >= 0.6 is 0 Å². The van der Waals surface area contributed by atoms with Gasteiger partial charge in [-0.2, -0.15) is 0 Å². The number of hydrogen-bond acceptors (Lipinski definition) is 3. The van der Waals surface area contributed by atoms with Gasteiger partial charge in [-0.05, 0) is 31.0 Å². The molecule has 0 spiro atoms.